The summed E-state index contributed by atoms with van der Waals surface area (Å²) in [6, 6.07) is 20.9. The van der Waals surface area contributed by atoms with Crippen molar-refractivity contribution in [2.45, 2.75) is 34.1 Å². The molecule has 0 saturated heterocycles. The summed E-state index contributed by atoms with van der Waals surface area (Å²) in [5.74, 6) is -0.439. The molecular weight excluding hydrogens is 410 g/mol. The highest BCUT2D eigenvalue weighted by molar-refractivity contribution is 6.08. The topological polar surface area (TPSA) is 64.0 Å². The quantitative estimate of drug-likeness (QED) is 0.439. The smallest absolute Gasteiger partial charge is 0.261 e. The lowest BCUT2D eigenvalue weighted by Gasteiger charge is -2.21. The number of nitrogens with zero attached hydrogens (tertiary/aromatic N) is 2. The van der Waals surface area contributed by atoms with E-state index in [-0.39, 0.29) is 11.0 Å². The van der Waals surface area contributed by atoms with Crippen molar-refractivity contribution >= 4 is 11.6 Å². The van der Waals surface area contributed by atoms with E-state index in [9.17, 15) is 9.59 Å². The van der Waals surface area contributed by atoms with Gasteiger partial charge in [-0.2, -0.15) is 0 Å². The summed E-state index contributed by atoms with van der Waals surface area (Å²) in [6.45, 7) is 7.88. The van der Waals surface area contributed by atoms with Crippen molar-refractivity contribution in [3.05, 3.63) is 111 Å². The van der Waals surface area contributed by atoms with E-state index < -0.39 is 5.91 Å². The van der Waals surface area contributed by atoms with Crippen LogP contribution in [0.15, 0.2) is 77.7 Å². The highest BCUT2D eigenvalue weighted by Crippen LogP contribution is 2.28. The first-order valence-electron chi connectivity index (χ1n) is 11.1. The Morgan fingerprint density at radius 3 is 2.39 bits per heavy atom. The maximum Gasteiger partial charge on any atom is 0.261 e. The molecule has 2 heterocycles. The summed E-state index contributed by atoms with van der Waals surface area (Å²) in [5, 5.41) is 3.02. The van der Waals surface area contributed by atoms with Gasteiger partial charge in [0.2, 0.25) is 0 Å². The molecule has 33 heavy (non-hydrogen) atoms. The van der Waals surface area contributed by atoms with E-state index >= 15 is 0 Å². The van der Waals surface area contributed by atoms with Gasteiger partial charge in [0.1, 0.15) is 5.56 Å². The van der Waals surface area contributed by atoms with Crippen LogP contribution in [0.5, 0.6) is 0 Å². The van der Waals surface area contributed by atoms with E-state index in [1.54, 1.807) is 6.20 Å². The second kappa shape index (κ2) is 9.25. The van der Waals surface area contributed by atoms with Crippen molar-refractivity contribution in [2.75, 3.05) is 5.32 Å². The number of rotatable bonds is 5. The van der Waals surface area contributed by atoms with E-state index in [1.165, 1.54) is 6.07 Å². The average Bonchev–Trinajstić information content (AvgIpc) is 2.81. The van der Waals surface area contributed by atoms with Crippen molar-refractivity contribution in [3.8, 4) is 17.1 Å². The molecule has 2 aromatic heterocycles. The number of para-hydroxylation sites is 1. The molecule has 5 heteroatoms. The third-order valence-electron chi connectivity index (χ3n) is 5.80. The highest BCUT2D eigenvalue weighted by atomic mass is 16.2. The van der Waals surface area contributed by atoms with Crippen LogP contribution in [0.2, 0.25) is 0 Å². The van der Waals surface area contributed by atoms with E-state index in [0.717, 1.165) is 40.2 Å². The molecule has 2 aromatic carbocycles. The molecule has 0 atom stereocenters. The van der Waals surface area contributed by atoms with Crippen molar-refractivity contribution < 1.29 is 4.79 Å². The Kier molecular flexibility index (Phi) is 6.22. The van der Waals surface area contributed by atoms with E-state index in [4.69, 9.17) is 0 Å². The average molecular weight is 438 g/mol. The van der Waals surface area contributed by atoms with Gasteiger partial charge in [0, 0.05) is 29.3 Å². The van der Waals surface area contributed by atoms with E-state index in [2.05, 4.69) is 10.3 Å². The van der Waals surface area contributed by atoms with Gasteiger partial charge in [-0.25, -0.2) is 0 Å². The van der Waals surface area contributed by atoms with Crippen LogP contribution in [0.3, 0.4) is 0 Å². The van der Waals surface area contributed by atoms with E-state index in [0.29, 0.717) is 11.4 Å². The first-order valence-corrected chi connectivity index (χ1v) is 11.1. The van der Waals surface area contributed by atoms with Gasteiger partial charge in [-0.1, -0.05) is 48.9 Å². The van der Waals surface area contributed by atoms with Gasteiger partial charge in [-0.3, -0.25) is 14.6 Å². The molecule has 166 valence electrons. The van der Waals surface area contributed by atoms with Gasteiger partial charge in [0.05, 0.1) is 11.4 Å². The maximum absolute atomic E-state index is 13.6. The number of anilines is 1. The number of nitrogens with one attached hydrogen (secondary N) is 1. The molecule has 0 aliphatic carbocycles. The summed E-state index contributed by atoms with van der Waals surface area (Å²) >= 11 is 0. The van der Waals surface area contributed by atoms with Crippen LogP contribution in [0.25, 0.3) is 17.1 Å². The van der Waals surface area contributed by atoms with Crippen LogP contribution in [0.4, 0.5) is 5.69 Å². The van der Waals surface area contributed by atoms with E-state index in [1.807, 2.05) is 92.9 Å². The SMILES string of the molecule is CCc1cccc(C)c1NC(=O)c1c(-c2ccccn2)n(-c2ccc(C)cc2)c(C)cc1=O. The van der Waals surface area contributed by atoms with Crippen LogP contribution in [-0.2, 0) is 6.42 Å². The molecule has 4 rings (SSSR count). The minimum Gasteiger partial charge on any atom is -0.321 e. The predicted molar refractivity (Wildman–Crippen MR) is 133 cm³/mol. The van der Waals surface area contributed by atoms with Crippen molar-refractivity contribution in [1.82, 2.24) is 9.55 Å². The standard InChI is InChI=1S/C28H27N3O2/c1-5-21-10-8-9-19(3)26(21)30-28(33)25-24(32)17-20(4)31(22-14-12-18(2)13-15-22)27(25)23-11-6-7-16-29-23/h6-17H,5H2,1-4H3,(H,30,33). The fraction of sp³-hybridized carbons (Fsp3) is 0.179. The molecule has 0 spiro atoms. The fourth-order valence-electron chi connectivity index (χ4n) is 4.10. The summed E-state index contributed by atoms with van der Waals surface area (Å²) in [4.78, 5) is 31.4. The Hall–Kier alpha value is -3.99. The number of amides is 1. The lowest BCUT2D eigenvalue weighted by molar-refractivity contribution is 0.102. The molecular formula is C28H27N3O2. The molecule has 0 aliphatic heterocycles. The Morgan fingerprint density at radius 2 is 1.73 bits per heavy atom. The summed E-state index contributed by atoms with van der Waals surface area (Å²) in [5.41, 5.74) is 6.22. The largest absolute Gasteiger partial charge is 0.321 e. The lowest BCUT2D eigenvalue weighted by atomic mass is 10.0. The molecule has 0 unspecified atom stereocenters. The monoisotopic (exact) mass is 437 g/mol. The number of hydrogen-bond donors (Lipinski definition) is 1. The fourth-order valence-corrected chi connectivity index (χ4v) is 4.10. The minimum atomic E-state index is -0.439. The lowest BCUT2D eigenvalue weighted by Crippen LogP contribution is -2.27. The Balaban J connectivity index is 1.97. The number of pyridine rings is 2. The van der Waals surface area contributed by atoms with Crippen molar-refractivity contribution in [2.24, 2.45) is 0 Å². The first-order chi connectivity index (χ1) is 15.9. The second-order valence-electron chi connectivity index (χ2n) is 8.18. The Morgan fingerprint density at radius 1 is 0.970 bits per heavy atom. The minimum absolute atomic E-state index is 0.0742. The van der Waals surface area contributed by atoms with Crippen molar-refractivity contribution in [3.63, 3.8) is 0 Å². The van der Waals surface area contributed by atoms with Gasteiger partial charge < -0.3 is 9.88 Å². The zero-order valence-electron chi connectivity index (χ0n) is 19.3. The molecule has 4 aromatic rings. The van der Waals surface area contributed by atoms with Gasteiger partial charge in [0.15, 0.2) is 5.43 Å². The van der Waals surface area contributed by atoms with Gasteiger partial charge >= 0.3 is 0 Å². The van der Waals surface area contributed by atoms with Crippen LogP contribution < -0.4 is 10.7 Å². The normalized spacial score (nSPS) is 10.8. The summed E-state index contributed by atoms with van der Waals surface area (Å²) in [7, 11) is 0. The zero-order valence-corrected chi connectivity index (χ0v) is 19.3. The second-order valence-corrected chi connectivity index (χ2v) is 8.18. The third-order valence-corrected chi connectivity index (χ3v) is 5.80. The highest BCUT2D eigenvalue weighted by Gasteiger charge is 2.24. The molecule has 5 nitrogen and oxygen atoms in total. The molecule has 1 amide bonds. The van der Waals surface area contributed by atoms with Gasteiger partial charge in [-0.15, -0.1) is 0 Å². The van der Waals surface area contributed by atoms with Crippen LogP contribution in [-0.4, -0.2) is 15.5 Å². The number of aromatic nitrogens is 2. The van der Waals surface area contributed by atoms with Gasteiger partial charge in [0.25, 0.3) is 5.91 Å². The maximum atomic E-state index is 13.6. The molecule has 0 aliphatic rings. The number of hydrogen-bond acceptors (Lipinski definition) is 3. The molecule has 0 bridgehead atoms. The number of carbonyl (C=O) groups is 1. The van der Waals surface area contributed by atoms with Crippen molar-refractivity contribution in [1.29, 1.82) is 0 Å². The summed E-state index contributed by atoms with van der Waals surface area (Å²) in [6.07, 6.45) is 2.44. The summed E-state index contributed by atoms with van der Waals surface area (Å²) < 4.78 is 1.93. The predicted octanol–water partition coefficient (Wildman–Crippen LogP) is 5.64. The zero-order chi connectivity index (χ0) is 23.5. The molecule has 1 N–H and O–H groups in total. The number of benzene rings is 2. The third kappa shape index (κ3) is 4.35. The molecule has 0 fully saturated rings. The Labute approximate surface area is 193 Å². The first kappa shape index (κ1) is 22.2. The van der Waals surface area contributed by atoms with Crippen LogP contribution >= 0.6 is 0 Å². The Bertz CT molecular complexity index is 1370. The molecule has 0 radical (unpaired) electrons. The van der Waals surface area contributed by atoms with Crippen LogP contribution in [0, 0.1) is 20.8 Å². The number of carbonyl (C=O) groups excluding carboxylic acids is 1. The number of aryl methyl sites for hydroxylation is 4. The molecule has 0 saturated carbocycles. The van der Waals surface area contributed by atoms with Gasteiger partial charge in [-0.05, 0) is 62.6 Å². The van der Waals surface area contributed by atoms with Crippen LogP contribution in [0.1, 0.15) is 39.7 Å².